The molecule has 0 spiro atoms. The molecular weight excluding hydrogens is 363 g/mol. The van der Waals surface area contributed by atoms with Crippen LogP contribution in [0.25, 0.3) is 0 Å². The number of anilines is 1. The molecule has 2 N–H and O–H groups in total. The van der Waals surface area contributed by atoms with E-state index in [0.29, 0.717) is 18.8 Å². The number of nitrogens with one attached hydrogen (secondary N) is 2. The first kappa shape index (κ1) is 19.3. The summed E-state index contributed by atoms with van der Waals surface area (Å²) in [6.07, 6.45) is 0. The molecule has 1 aliphatic rings. The second-order valence-electron chi connectivity index (χ2n) is 6.46. The highest BCUT2D eigenvalue weighted by Gasteiger charge is 2.20. The van der Waals surface area contributed by atoms with Crippen LogP contribution < -0.4 is 10.6 Å². The fourth-order valence-electron chi connectivity index (χ4n) is 2.93. The Labute approximate surface area is 164 Å². The number of nitrogens with zero attached hydrogens (tertiary/aromatic N) is 2. The molecule has 0 radical (unpaired) electrons. The Bertz CT molecular complexity index is 761. The lowest BCUT2D eigenvalue weighted by Crippen LogP contribution is -2.52. The minimum absolute atomic E-state index is 0.0974. The molecule has 0 aromatic heterocycles. The molecule has 0 bridgehead atoms. The fraction of sp³-hybridized carbons (Fsp3) is 0.300. The van der Waals surface area contributed by atoms with Crippen molar-refractivity contribution in [3.63, 3.8) is 0 Å². The van der Waals surface area contributed by atoms with Crippen molar-refractivity contribution in [2.75, 3.05) is 38.0 Å². The highest BCUT2D eigenvalue weighted by atomic mass is 32.1. The quantitative estimate of drug-likeness (QED) is 0.773. The molecule has 0 saturated carbocycles. The van der Waals surface area contributed by atoms with E-state index in [2.05, 4.69) is 32.6 Å². The smallest absolute Gasteiger partial charge is 0.238 e. The molecular formula is C20H23FN4OS. The summed E-state index contributed by atoms with van der Waals surface area (Å²) in [5.41, 5.74) is 1.79. The molecule has 1 fully saturated rings. The molecule has 1 saturated heterocycles. The van der Waals surface area contributed by atoms with Crippen molar-refractivity contribution in [1.82, 2.24) is 15.1 Å². The fourth-order valence-corrected chi connectivity index (χ4v) is 3.19. The number of rotatable bonds is 5. The second kappa shape index (κ2) is 9.43. The van der Waals surface area contributed by atoms with Crippen molar-refractivity contribution in [3.8, 4) is 0 Å². The third-order valence-corrected chi connectivity index (χ3v) is 4.84. The summed E-state index contributed by atoms with van der Waals surface area (Å²) in [7, 11) is 0. The number of benzene rings is 2. The molecule has 1 amide bonds. The highest BCUT2D eigenvalue weighted by Crippen LogP contribution is 2.09. The molecule has 1 aliphatic heterocycles. The summed E-state index contributed by atoms with van der Waals surface area (Å²) >= 11 is 5.48. The van der Waals surface area contributed by atoms with Gasteiger partial charge in [0.25, 0.3) is 0 Å². The molecule has 0 unspecified atom stereocenters. The van der Waals surface area contributed by atoms with E-state index in [9.17, 15) is 9.18 Å². The van der Waals surface area contributed by atoms with E-state index in [1.165, 1.54) is 17.7 Å². The van der Waals surface area contributed by atoms with Gasteiger partial charge in [0.15, 0.2) is 5.11 Å². The Balaban J connectivity index is 1.38. The van der Waals surface area contributed by atoms with Gasteiger partial charge in [-0.1, -0.05) is 30.3 Å². The van der Waals surface area contributed by atoms with E-state index in [4.69, 9.17) is 12.2 Å². The van der Waals surface area contributed by atoms with Crippen LogP contribution in [0.5, 0.6) is 0 Å². The average molecular weight is 386 g/mol. The first-order valence-corrected chi connectivity index (χ1v) is 9.35. The Morgan fingerprint density at radius 3 is 2.33 bits per heavy atom. The molecule has 3 rings (SSSR count). The summed E-state index contributed by atoms with van der Waals surface area (Å²) < 4.78 is 12.9. The van der Waals surface area contributed by atoms with E-state index in [1.807, 2.05) is 18.2 Å². The first-order chi connectivity index (χ1) is 13.1. The van der Waals surface area contributed by atoms with Crippen LogP contribution in [0.1, 0.15) is 5.56 Å². The van der Waals surface area contributed by atoms with E-state index in [1.54, 1.807) is 12.1 Å². The Kier molecular flexibility index (Phi) is 6.73. The Morgan fingerprint density at radius 1 is 1.00 bits per heavy atom. The number of thiocarbonyl (C=S) groups is 1. The number of carbonyl (C=O) groups is 1. The monoisotopic (exact) mass is 386 g/mol. The lowest BCUT2D eigenvalue weighted by molar-refractivity contribution is -0.117. The van der Waals surface area contributed by atoms with Crippen molar-refractivity contribution in [1.29, 1.82) is 0 Å². The van der Waals surface area contributed by atoms with Gasteiger partial charge in [0.2, 0.25) is 5.91 Å². The molecule has 142 valence electrons. The average Bonchev–Trinajstić information content (AvgIpc) is 2.69. The van der Waals surface area contributed by atoms with Crippen LogP contribution in [0.15, 0.2) is 54.6 Å². The summed E-state index contributed by atoms with van der Waals surface area (Å²) in [6, 6.07) is 15.9. The zero-order valence-corrected chi connectivity index (χ0v) is 15.8. The Morgan fingerprint density at radius 2 is 1.67 bits per heavy atom. The van der Waals surface area contributed by atoms with Crippen LogP contribution >= 0.6 is 12.2 Å². The molecule has 0 atom stereocenters. The molecule has 5 nitrogen and oxygen atoms in total. The summed E-state index contributed by atoms with van der Waals surface area (Å²) in [4.78, 5) is 16.4. The topological polar surface area (TPSA) is 47.6 Å². The predicted octanol–water partition coefficient (Wildman–Crippen LogP) is 2.46. The normalized spacial score (nSPS) is 14.6. The number of halogens is 1. The number of carbonyl (C=O) groups excluding carboxylic acids is 1. The van der Waals surface area contributed by atoms with Crippen LogP contribution in [0, 0.1) is 5.82 Å². The van der Waals surface area contributed by atoms with Gasteiger partial charge in [-0.05, 0) is 42.0 Å². The van der Waals surface area contributed by atoms with Gasteiger partial charge >= 0.3 is 0 Å². The Hall–Kier alpha value is -2.51. The van der Waals surface area contributed by atoms with Crippen molar-refractivity contribution in [2.24, 2.45) is 0 Å². The number of hydrogen-bond donors (Lipinski definition) is 2. The predicted molar refractivity (Wildman–Crippen MR) is 109 cm³/mol. The lowest BCUT2D eigenvalue weighted by Gasteiger charge is -2.35. The van der Waals surface area contributed by atoms with Crippen LogP contribution in [0.3, 0.4) is 0 Å². The molecule has 2 aromatic carbocycles. The number of piperazine rings is 1. The molecule has 7 heteroatoms. The zero-order chi connectivity index (χ0) is 19.1. The maximum Gasteiger partial charge on any atom is 0.238 e. The van der Waals surface area contributed by atoms with Gasteiger partial charge in [-0.25, -0.2) is 4.39 Å². The van der Waals surface area contributed by atoms with Crippen LogP contribution in [-0.4, -0.2) is 53.5 Å². The standard InChI is InChI=1S/C20H23FN4OS/c21-17-6-8-18(9-7-17)23-19(26)15-24-10-12-25(13-11-24)20(27)22-14-16-4-2-1-3-5-16/h1-9H,10-15H2,(H,22,27)(H,23,26). The largest absolute Gasteiger partial charge is 0.358 e. The van der Waals surface area contributed by atoms with E-state index in [-0.39, 0.29) is 11.7 Å². The van der Waals surface area contributed by atoms with Gasteiger partial charge in [0.05, 0.1) is 6.54 Å². The number of hydrogen-bond acceptors (Lipinski definition) is 3. The maximum absolute atomic E-state index is 12.9. The van der Waals surface area contributed by atoms with Crippen molar-refractivity contribution in [2.45, 2.75) is 6.54 Å². The van der Waals surface area contributed by atoms with Gasteiger partial charge in [0.1, 0.15) is 5.82 Å². The number of amides is 1. The van der Waals surface area contributed by atoms with Crippen LogP contribution in [-0.2, 0) is 11.3 Å². The van der Waals surface area contributed by atoms with E-state index >= 15 is 0 Å². The maximum atomic E-state index is 12.9. The van der Waals surface area contributed by atoms with Gasteiger partial charge in [-0.15, -0.1) is 0 Å². The van der Waals surface area contributed by atoms with Gasteiger partial charge in [0, 0.05) is 38.4 Å². The van der Waals surface area contributed by atoms with Crippen molar-refractivity contribution in [3.05, 3.63) is 66.0 Å². The third kappa shape index (κ3) is 6.01. The lowest BCUT2D eigenvalue weighted by atomic mass is 10.2. The molecule has 2 aromatic rings. The van der Waals surface area contributed by atoms with Crippen LogP contribution in [0.2, 0.25) is 0 Å². The first-order valence-electron chi connectivity index (χ1n) is 8.94. The van der Waals surface area contributed by atoms with Crippen LogP contribution in [0.4, 0.5) is 10.1 Å². The van der Waals surface area contributed by atoms with E-state index < -0.39 is 0 Å². The SMILES string of the molecule is O=C(CN1CCN(C(=S)NCc2ccccc2)CC1)Nc1ccc(F)cc1. The molecule has 1 heterocycles. The van der Waals surface area contributed by atoms with Gasteiger partial charge < -0.3 is 15.5 Å². The minimum Gasteiger partial charge on any atom is -0.358 e. The van der Waals surface area contributed by atoms with Crippen molar-refractivity contribution < 1.29 is 9.18 Å². The molecule has 0 aliphatic carbocycles. The zero-order valence-electron chi connectivity index (χ0n) is 15.0. The van der Waals surface area contributed by atoms with Gasteiger partial charge in [-0.3, -0.25) is 9.69 Å². The third-order valence-electron chi connectivity index (χ3n) is 4.44. The van der Waals surface area contributed by atoms with E-state index in [0.717, 1.165) is 31.3 Å². The summed E-state index contributed by atoms with van der Waals surface area (Å²) in [5.74, 6) is -0.416. The summed E-state index contributed by atoms with van der Waals surface area (Å²) in [5, 5.41) is 6.82. The van der Waals surface area contributed by atoms with Gasteiger partial charge in [-0.2, -0.15) is 0 Å². The van der Waals surface area contributed by atoms with Crippen molar-refractivity contribution >= 4 is 28.9 Å². The highest BCUT2D eigenvalue weighted by molar-refractivity contribution is 7.80. The second-order valence-corrected chi connectivity index (χ2v) is 6.85. The summed E-state index contributed by atoms with van der Waals surface area (Å²) in [6.45, 7) is 4.12. The molecule has 27 heavy (non-hydrogen) atoms. The minimum atomic E-state index is -0.319.